The minimum Gasteiger partial charge on any atom is -0.394 e. The molecule has 1 atom stereocenters. The van der Waals surface area contributed by atoms with E-state index in [9.17, 15) is 0 Å². The average molecular weight is 197 g/mol. The van der Waals surface area contributed by atoms with E-state index in [1.165, 1.54) is 0 Å². The van der Waals surface area contributed by atoms with E-state index in [4.69, 9.17) is 10.2 Å². The Labute approximate surface area is 64.0 Å². The SMILES string of the molecule is OCC(O)CCCCBr. The van der Waals surface area contributed by atoms with Crippen LogP contribution in [0.1, 0.15) is 19.3 Å². The first-order chi connectivity index (χ1) is 4.31. The Bertz CT molecular complexity index is 59.0. The predicted molar refractivity (Wildman–Crippen MR) is 40.7 cm³/mol. The first-order valence-electron chi connectivity index (χ1n) is 3.16. The number of hydrogen-bond donors (Lipinski definition) is 2. The van der Waals surface area contributed by atoms with E-state index in [1.54, 1.807) is 0 Å². The third-order valence-corrected chi connectivity index (χ3v) is 1.69. The van der Waals surface area contributed by atoms with Gasteiger partial charge in [0.25, 0.3) is 0 Å². The largest absolute Gasteiger partial charge is 0.394 e. The molecule has 0 heterocycles. The molecule has 9 heavy (non-hydrogen) atoms. The van der Waals surface area contributed by atoms with Gasteiger partial charge in [-0.2, -0.15) is 0 Å². The van der Waals surface area contributed by atoms with Gasteiger partial charge in [-0.1, -0.05) is 15.9 Å². The van der Waals surface area contributed by atoms with Crippen LogP contribution in [0.5, 0.6) is 0 Å². The second kappa shape index (κ2) is 6.52. The Balaban J connectivity index is 2.88. The van der Waals surface area contributed by atoms with E-state index in [0.29, 0.717) is 6.42 Å². The Hall–Kier alpha value is 0.400. The predicted octanol–water partition coefficient (Wildman–Crippen LogP) is 0.905. The molecule has 0 saturated carbocycles. The number of aliphatic hydroxyl groups is 2. The summed E-state index contributed by atoms with van der Waals surface area (Å²) < 4.78 is 0. The van der Waals surface area contributed by atoms with Crippen LogP contribution in [-0.2, 0) is 0 Å². The molecular weight excluding hydrogens is 184 g/mol. The minimum absolute atomic E-state index is 0.109. The van der Waals surface area contributed by atoms with Crippen molar-refractivity contribution < 1.29 is 10.2 Å². The lowest BCUT2D eigenvalue weighted by atomic mass is 10.2. The number of hydrogen-bond acceptors (Lipinski definition) is 2. The topological polar surface area (TPSA) is 40.5 Å². The van der Waals surface area contributed by atoms with Crippen LogP contribution in [0.15, 0.2) is 0 Å². The van der Waals surface area contributed by atoms with E-state index < -0.39 is 6.10 Å². The molecule has 0 aromatic rings. The van der Waals surface area contributed by atoms with Gasteiger partial charge in [0.05, 0.1) is 12.7 Å². The molecule has 2 N–H and O–H groups in total. The maximum Gasteiger partial charge on any atom is 0.0770 e. The fourth-order valence-corrected chi connectivity index (χ4v) is 0.962. The fraction of sp³-hybridized carbons (Fsp3) is 1.00. The molecule has 0 amide bonds. The molecule has 0 aliphatic heterocycles. The molecule has 3 heteroatoms. The summed E-state index contributed by atoms with van der Waals surface area (Å²) in [6, 6.07) is 0. The summed E-state index contributed by atoms with van der Waals surface area (Å²) in [7, 11) is 0. The molecule has 0 fully saturated rings. The molecule has 0 spiro atoms. The fourth-order valence-electron chi connectivity index (χ4n) is 0.566. The van der Waals surface area contributed by atoms with Crippen molar-refractivity contribution >= 4 is 15.9 Å². The van der Waals surface area contributed by atoms with Crippen molar-refractivity contribution in [1.29, 1.82) is 0 Å². The van der Waals surface area contributed by atoms with Gasteiger partial charge in [0.15, 0.2) is 0 Å². The summed E-state index contributed by atoms with van der Waals surface area (Å²) in [5, 5.41) is 18.2. The van der Waals surface area contributed by atoms with Crippen LogP contribution in [0.2, 0.25) is 0 Å². The van der Waals surface area contributed by atoms with Gasteiger partial charge in [0, 0.05) is 5.33 Å². The van der Waals surface area contributed by atoms with Crippen LogP contribution in [-0.4, -0.2) is 28.3 Å². The minimum atomic E-state index is -0.510. The molecule has 0 saturated heterocycles. The molecule has 0 bridgehead atoms. The Kier molecular flexibility index (Phi) is 6.81. The molecule has 0 radical (unpaired) electrons. The van der Waals surface area contributed by atoms with Gasteiger partial charge < -0.3 is 10.2 Å². The van der Waals surface area contributed by atoms with E-state index in [0.717, 1.165) is 18.2 Å². The van der Waals surface area contributed by atoms with Crippen molar-refractivity contribution in [1.82, 2.24) is 0 Å². The number of aliphatic hydroxyl groups excluding tert-OH is 2. The van der Waals surface area contributed by atoms with Crippen molar-refractivity contribution in [2.45, 2.75) is 25.4 Å². The molecule has 2 nitrogen and oxygen atoms in total. The van der Waals surface area contributed by atoms with Gasteiger partial charge in [-0.15, -0.1) is 0 Å². The zero-order valence-corrected chi connectivity index (χ0v) is 6.97. The van der Waals surface area contributed by atoms with Gasteiger partial charge in [-0.3, -0.25) is 0 Å². The van der Waals surface area contributed by atoms with Crippen LogP contribution in [0.25, 0.3) is 0 Å². The highest BCUT2D eigenvalue weighted by Crippen LogP contribution is 2.01. The quantitative estimate of drug-likeness (QED) is 0.507. The highest BCUT2D eigenvalue weighted by molar-refractivity contribution is 9.09. The third-order valence-electron chi connectivity index (χ3n) is 1.13. The Morgan fingerprint density at radius 3 is 2.44 bits per heavy atom. The average Bonchev–Trinajstić information content (AvgIpc) is 1.89. The lowest BCUT2D eigenvalue weighted by Gasteiger charge is -2.03. The maximum atomic E-state index is 8.82. The van der Waals surface area contributed by atoms with Crippen LogP contribution in [0.3, 0.4) is 0 Å². The lowest BCUT2D eigenvalue weighted by molar-refractivity contribution is 0.0865. The summed E-state index contributed by atoms with van der Waals surface area (Å²) in [5.74, 6) is 0. The van der Waals surface area contributed by atoms with Gasteiger partial charge in [-0.25, -0.2) is 0 Å². The van der Waals surface area contributed by atoms with Crippen molar-refractivity contribution in [3.63, 3.8) is 0 Å². The zero-order chi connectivity index (χ0) is 7.11. The first kappa shape index (κ1) is 9.40. The van der Waals surface area contributed by atoms with Crippen LogP contribution >= 0.6 is 15.9 Å². The Morgan fingerprint density at radius 2 is 2.00 bits per heavy atom. The first-order valence-corrected chi connectivity index (χ1v) is 4.28. The number of alkyl halides is 1. The molecule has 1 unspecified atom stereocenters. The van der Waals surface area contributed by atoms with Crippen molar-refractivity contribution in [2.24, 2.45) is 0 Å². The maximum absolute atomic E-state index is 8.82. The summed E-state index contributed by atoms with van der Waals surface area (Å²) in [4.78, 5) is 0. The standard InChI is InChI=1S/C6H13BrO2/c7-4-2-1-3-6(9)5-8/h6,8-9H,1-5H2. The third kappa shape index (κ3) is 6.28. The second-order valence-electron chi connectivity index (χ2n) is 2.02. The highest BCUT2D eigenvalue weighted by atomic mass is 79.9. The normalized spacial score (nSPS) is 13.7. The summed E-state index contributed by atoms with van der Waals surface area (Å²) in [6.45, 7) is -0.109. The van der Waals surface area contributed by atoms with Crippen molar-refractivity contribution in [3.8, 4) is 0 Å². The van der Waals surface area contributed by atoms with E-state index in [1.807, 2.05) is 0 Å². The lowest BCUT2D eigenvalue weighted by Crippen LogP contribution is -2.11. The van der Waals surface area contributed by atoms with Gasteiger partial charge >= 0.3 is 0 Å². The van der Waals surface area contributed by atoms with E-state index in [2.05, 4.69) is 15.9 Å². The molecule has 0 aliphatic rings. The number of rotatable bonds is 5. The van der Waals surface area contributed by atoms with E-state index >= 15 is 0 Å². The summed E-state index contributed by atoms with van der Waals surface area (Å²) >= 11 is 3.28. The van der Waals surface area contributed by atoms with Gasteiger partial charge in [-0.05, 0) is 19.3 Å². The van der Waals surface area contributed by atoms with Gasteiger partial charge in [0.1, 0.15) is 0 Å². The van der Waals surface area contributed by atoms with Crippen LogP contribution < -0.4 is 0 Å². The summed E-state index contributed by atoms with van der Waals surface area (Å²) in [5.41, 5.74) is 0. The van der Waals surface area contributed by atoms with Crippen LogP contribution in [0.4, 0.5) is 0 Å². The van der Waals surface area contributed by atoms with Crippen molar-refractivity contribution in [2.75, 3.05) is 11.9 Å². The number of halogens is 1. The van der Waals surface area contributed by atoms with Gasteiger partial charge in [0.2, 0.25) is 0 Å². The molecule has 0 aliphatic carbocycles. The monoisotopic (exact) mass is 196 g/mol. The van der Waals surface area contributed by atoms with E-state index in [-0.39, 0.29) is 6.61 Å². The summed E-state index contributed by atoms with van der Waals surface area (Å²) in [6.07, 6.45) is 2.25. The number of unbranched alkanes of at least 4 members (excludes halogenated alkanes) is 1. The molecule has 56 valence electrons. The Morgan fingerprint density at radius 1 is 1.33 bits per heavy atom. The molecular formula is C6H13BrO2. The smallest absolute Gasteiger partial charge is 0.0770 e. The molecule has 0 aromatic heterocycles. The molecule has 0 aromatic carbocycles. The zero-order valence-electron chi connectivity index (χ0n) is 5.39. The van der Waals surface area contributed by atoms with Crippen LogP contribution in [0, 0.1) is 0 Å². The molecule has 0 rings (SSSR count). The highest BCUT2D eigenvalue weighted by Gasteiger charge is 1.99. The second-order valence-corrected chi connectivity index (χ2v) is 2.81. The van der Waals surface area contributed by atoms with Crippen molar-refractivity contribution in [3.05, 3.63) is 0 Å².